The summed E-state index contributed by atoms with van der Waals surface area (Å²) >= 11 is 5.50. The number of rotatable bonds is 3. The van der Waals surface area contributed by atoms with Gasteiger partial charge in [0.25, 0.3) is 0 Å². The van der Waals surface area contributed by atoms with Crippen molar-refractivity contribution >= 4 is 24.0 Å². The second-order valence-corrected chi connectivity index (χ2v) is 2.64. The average molecular weight is 172 g/mol. The molecule has 0 unspecified atom stereocenters. The summed E-state index contributed by atoms with van der Waals surface area (Å²) in [5.41, 5.74) is 0. The molecule has 9 heavy (non-hydrogen) atoms. The monoisotopic (exact) mass is 171 g/mol. The van der Waals surface area contributed by atoms with Crippen LogP contribution in [0.3, 0.4) is 0 Å². The van der Waals surface area contributed by atoms with Crippen molar-refractivity contribution < 1.29 is 0 Å². The first kappa shape index (κ1) is 12.2. The Morgan fingerprint density at radius 3 is 2.00 bits per heavy atom. The van der Waals surface area contributed by atoms with Crippen LogP contribution in [0.2, 0.25) is 0 Å². The van der Waals surface area contributed by atoms with E-state index in [1.165, 1.54) is 0 Å². The molecule has 0 aromatic carbocycles. The van der Waals surface area contributed by atoms with Crippen molar-refractivity contribution in [3.05, 3.63) is 0 Å². The zero-order valence-electron chi connectivity index (χ0n) is 6.22. The maximum Gasteiger partial charge on any atom is 0.0351 e. The van der Waals surface area contributed by atoms with Gasteiger partial charge in [-0.15, -0.1) is 24.0 Å². The molecule has 0 saturated carbocycles. The number of hydrogen-bond acceptors (Lipinski definition) is 1. The van der Waals surface area contributed by atoms with Crippen LogP contribution in [0.25, 0.3) is 0 Å². The quantitative estimate of drug-likeness (QED) is 0.588. The van der Waals surface area contributed by atoms with Gasteiger partial charge in [-0.05, 0) is 20.9 Å². The van der Waals surface area contributed by atoms with E-state index in [0.717, 1.165) is 12.4 Å². The predicted octanol–water partition coefficient (Wildman–Crippen LogP) is 1.99. The van der Waals surface area contributed by atoms with Gasteiger partial charge in [-0.1, -0.05) is 0 Å². The van der Waals surface area contributed by atoms with Gasteiger partial charge >= 0.3 is 0 Å². The van der Waals surface area contributed by atoms with Gasteiger partial charge in [-0.3, -0.25) is 0 Å². The molecule has 58 valence electrons. The van der Waals surface area contributed by atoms with Crippen molar-refractivity contribution in [3.8, 4) is 0 Å². The molecule has 0 atom stereocenters. The molecule has 0 bridgehead atoms. The zero-order valence-corrected chi connectivity index (χ0v) is 7.80. The van der Waals surface area contributed by atoms with Gasteiger partial charge in [0.2, 0.25) is 0 Å². The highest BCUT2D eigenvalue weighted by Crippen LogP contribution is 1.92. The Hall–Kier alpha value is 0.540. The molecule has 0 aliphatic heterocycles. The molecule has 0 aromatic rings. The summed E-state index contributed by atoms with van der Waals surface area (Å²) in [6.07, 6.45) is 0. The van der Waals surface area contributed by atoms with Crippen molar-refractivity contribution in [3.63, 3.8) is 0 Å². The largest absolute Gasteiger partial charge is 0.303 e. The minimum atomic E-state index is 0. The SMILES string of the molecule is CC(C)N(C)CCCl.Cl. The first-order chi connectivity index (χ1) is 3.68. The smallest absolute Gasteiger partial charge is 0.0351 e. The van der Waals surface area contributed by atoms with E-state index in [2.05, 4.69) is 25.8 Å². The van der Waals surface area contributed by atoms with Gasteiger partial charge in [0.1, 0.15) is 0 Å². The molecule has 0 N–H and O–H groups in total. The molecule has 0 fully saturated rings. The van der Waals surface area contributed by atoms with Crippen molar-refractivity contribution in [1.29, 1.82) is 0 Å². The molecule has 0 heterocycles. The summed E-state index contributed by atoms with van der Waals surface area (Å²) < 4.78 is 0. The maximum atomic E-state index is 5.50. The summed E-state index contributed by atoms with van der Waals surface area (Å²) in [6, 6.07) is 0.619. The highest BCUT2D eigenvalue weighted by Gasteiger charge is 1.99. The maximum absolute atomic E-state index is 5.50. The highest BCUT2D eigenvalue weighted by atomic mass is 35.5. The van der Waals surface area contributed by atoms with E-state index >= 15 is 0 Å². The van der Waals surface area contributed by atoms with Crippen LogP contribution < -0.4 is 0 Å². The summed E-state index contributed by atoms with van der Waals surface area (Å²) in [7, 11) is 2.08. The number of nitrogens with zero attached hydrogens (tertiary/aromatic N) is 1. The van der Waals surface area contributed by atoms with E-state index in [1.807, 2.05) is 0 Å². The highest BCUT2D eigenvalue weighted by molar-refractivity contribution is 6.18. The number of halogens is 2. The van der Waals surface area contributed by atoms with Crippen LogP contribution in [0.1, 0.15) is 13.8 Å². The van der Waals surface area contributed by atoms with Crippen molar-refractivity contribution in [1.82, 2.24) is 4.90 Å². The fourth-order valence-corrected chi connectivity index (χ4v) is 0.658. The Kier molecular flexibility index (Phi) is 9.05. The average Bonchev–Trinajstić information content (AvgIpc) is 1.67. The fraction of sp³-hybridized carbons (Fsp3) is 1.00. The summed E-state index contributed by atoms with van der Waals surface area (Å²) in [6.45, 7) is 5.30. The van der Waals surface area contributed by atoms with Gasteiger partial charge < -0.3 is 4.90 Å². The van der Waals surface area contributed by atoms with E-state index in [1.54, 1.807) is 0 Å². The fourth-order valence-electron chi connectivity index (χ4n) is 0.392. The van der Waals surface area contributed by atoms with E-state index in [0.29, 0.717) is 6.04 Å². The first-order valence-electron chi connectivity index (χ1n) is 2.94. The lowest BCUT2D eigenvalue weighted by molar-refractivity contribution is 0.290. The van der Waals surface area contributed by atoms with Crippen molar-refractivity contribution in [2.24, 2.45) is 0 Å². The summed E-state index contributed by atoms with van der Waals surface area (Å²) in [5, 5.41) is 0. The van der Waals surface area contributed by atoms with Gasteiger partial charge in [-0.2, -0.15) is 0 Å². The molecule has 0 amide bonds. The van der Waals surface area contributed by atoms with E-state index in [4.69, 9.17) is 11.6 Å². The Labute approximate surface area is 68.8 Å². The molecule has 0 saturated heterocycles. The van der Waals surface area contributed by atoms with E-state index < -0.39 is 0 Å². The Bertz CT molecular complexity index is 57.0. The molecule has 0 aromatic heterocycles. The lowest BCUT2D eigenvalue weighted by atomic mass is 10.3. The Morgan fingerprint density at radius 2 is 1.89 bits per heavy atom. The lowest BCUT2D eigenvalue weighted by Gasteiger charge is -2.18. The van der Waals surface area contributed by atoms with E-state index in [-0.39, 0.29) is 12.4 Å². The minimum absolute atomic E-state index is 0. The molecule has 0 spiro atoms. The van der Waals surface area contributed by atoms with Crippen LogP contribution in [-0.4, -0.2) is 30.4 Å². The summed E-state index contributed by atoms with van der Waals surface area (Å²) in [5.74, 6) is 0.731. The molecular formula is C6H15Cl2N. The predicted molar refractivity (Wildman–Crippen MR) is 45.7 cm³/mol. The van der Waals surface area contributed by atoms with Crippen LogP contribution in [0.5, 0.6) is 0 Å². The topological polar surface area (TPSA) is 3.24 Å². The standard InChI is InChI=1S/C6H14ClN.ClH/c1-6(2)8(3)5-4-7;/h6H,4-5H2,1-3H3;1H. The minimum Gasteiger partial charge on any atom is -0.303 e. The first-order valence-corrected chi connectivity index (χ1v) is 3.48. The normalized spacial score (nSPS) is 10.0. The van der Waals surface area contributed by atoms with Crippen LogP contribution in [-0.2, 0) is 0 Å². The van der Waals surface area contributed by atoms with Gasteiger partial charge in [0.15, 0.2) is 0 Å². The van der Waals surface area contributed by atoms with Crippen LogP contribution >= 0.6 is 24.0 Å². The van der Waals surface area contributed by atoms with Crippen LogP contribution in [0, 0.1) is 0 Å². The molecule has 0 aliphatic carbocycles. The Morgan fingerprint density at radius 1 is 1.44 bits per heavy atom. The third-order valence-corrected chi connectivity index (χ3v) is 1.49. The number of alkyl halides is 1. The van der Waals surface area contributed by atoms with Crippen LogP contribution in [0.4, 0.5) is 0 Å². The molecule has 0 rings (SSSR count). The second kappa shape index (κ2) is 6.66. The third-order valence-electron chi connectivity index (χ3n) is 1.32. The second-order valence-electron chi connectivity index (χ2n) is 2.26. The number of hydrogen-bond donors (Lipinski definition) is 0. The van der Waals surface area contributed by atoms with Crippen molar-refractivity contribution in [2.75, 3.05) is 19.5 Å². The zero-order chi connectivity index (χ0) is 6.57. The molecular weight excluding hydrogens is 157 g/mol. The van der Waals surface area contributed by atoms with Gasteiger partial charge in [0, 0.05) is 18.5 Å². The third kappa shape index (κ3) is 6.42. The Balaban J connectivity index is 0. The van der Waals surface area contributed by atoms with Gasteiger partial charge in [0.05, 0.1) is 0 Å². The van der Waals surface area contributed by atoms with E-state index in [9.17, 15) is 0 Å². The van der Waals surface area contributed by atoms with Crippen molar-refractivity contribution in [2.45, 2.75) is 19.9 Å². The van der Waals surface area contributed by atoms with Crippen LogP contribution in [0.15, 0.2) is 0 Å². The lowest BCUT2D eigenvalue weighted by Crippen LogP contribution is -2.27. The molecule has 3 heteroatoms. The molecule has 0 radical (unpaired) electrons. The summed E-state index contributed by atoms with van der Waals surface area (Å²) in [4.78, 5) is 2.22. The molecule has 0 aliphatic rings. The van der Waals surface area contributed by atoms with Gasteiger partial charge in [-0.25, -0.2) is 0 Å². The molecule has 1 nitrogen and oxygen atoms in total.